The lowest BCUT2D eigenvalue weighted by atomic mass is 9.95. The van der Waals surface area contributed by atoms with Gasteiger partial charge in [0.15, 0.2) is 0 Å². The summed E-state index contributed by atoms with van der Waals surface area (Å²) < 4.78 is 0. The minimum Gasteiger partial charge on any atom is -0.298 e. The molecule has 0 aromatic heterocycles. The fraction of sp³-hybridized carbons (Fsp3) is 0.700. The average molecular weight is 153 g/mol. The number of hydrogen-bond donors (Lipinski definition) is 0. The summed E-state index contributed by atoms with van der Waals surface area (Å²) in [5, 5.41) is 0. The third-order valence-electron chi connectivity index (χ3n) is 2.24. The molecule has 0 aliphatic carbocycles. The van der Waals surface area contributed by atoms with Crippen LogP contribution in [0.2, 0.25) is 0 Å². The Morgan fingerprint density at radius 1 is 1.55 bits per heavy atom. The molecule has 0 spiro atoms. The zero-order chi connectivity index (χ0) is 8.85. The summed E-state index contributed by atoms with van der Waals surface area (Å²) in [7, 11) is 0. The lowest BCUT2D eigenvalue weighted by Crippen LogP contribution is -2.06. The molecule has 64 valence electrons. The Kier molecular flexibility index (Phi) is 4.84. The van der Waals surface area contributed by atoms with Crippen molar-refractivity contribution >= 4 is 6.72 Å². The molecule has 0 aromatic rings. The van der Waals surface area contributed by atoms with Crippen molar-refractivity contribution in [1.82, 2.24) is 0 Å². The lowest BCUT2D eigenvalue weighted by Gasteiger charge is -2.13. The molecule has 0 N–H and O–H groups in total. The van der Waals surface area contributed by atoms with Crippen LogP contribution in [0.25, 0.3) is 0 Å². The van der Waals surface area contributed by atoms with Crippen LogP contribution < -0.4 is 0 Å². The summed E-state index contributed by atoms with van der Waals surface area (Å²) in [4.78, 5) is 3.97. The Morgan fingerprint density at radius 3 is 2.45 bits per heavy atom. The molecule has 0 saturated heterocycles. The SMILES string of the molecule is C=N[C@H](C)C[C@@H](C)/C(C)=C/C. The lowest BCUT2D eigenvalue weighted by molar-refractivity contribution is 0.543. The van der Waals surface area contributed by atoms with E-state index >= 15 is 0 Å². The molecule has 0 bridgehead atoms. The fourth-order valence-corrected chi connectivity index (χ4v) is 1.06. The number of rotatable bonds is 4. The van der Waals surface area contributed by atoms with E-state index in [1.807, 2.05) is 0 Å². The Hall–Kier alpha value is -0.590. The second-order valence-corrected chi connectivity index (χ2v) is 3.20. The molecule has 0 amide bonds. The summed E-state index contributed by atoms with van der Waals surface area (Å²) in [5.74, 6) is 0.639. The van der Waals surface area contributed by atoms with E-state index in [0.29, 0.717) is 12.0 Å². The standard InChI is InChI=1S/C10H19N/c1-6-8(2)9(3)7-10(4)11-5/h6,9-10H,5,7H2,1-4H3/b8-6+/t9-,10-/m1/s1. The Bertz CT molecular complexity index is 147. The van der Waals surface area contributed by atoms with Gasteiger partial charge >= 0.3 is 0 Å². The predicted octanol–water partition coefficient (Wildman–Crippen LogP) is 3.07. The number of aliphatic imine (C=N–C) groups is 1. The first-order chi connectivity index (χ1) is 5.11. The molecule has 0 aliphatic heterocycles. The molecule has 11 heavy (non-hydrogen) atoms. The highest BCUT2D eigenvalue weighted by Gasteiger charge is 2.06. The topological polar surface area (TPSA) is 12.4 Å². The van der Waals surface area contributed by atoms with Crippen molar-refractivity contribution in [2.45, 2.75) is 40.2 Å². The third-order valence-corrected chi connectivity index (χ3v) is 2.24. The van der Waals surface area contributed by atoms with Crippen LogP contribution in [0, 0.1) is 5.92 Å². The van der Waals surface area contributed by atoms with E-state index in [-0.39, 0.29) is 0 Å². The molecule has 1 heteroatoms. The summed E-state index contributed by atoms with van der Waals surface area (Å²) in [6.45, 7) is 12.1. The van der Waals surface area contributed by atoms with Crippen LogP contribution in [-0.4, -0.2) is 12.8 Å². The second kappa shape index (κ2) is 5.11. The van der Waals surface area contributed by atoms with E-state index in [4.69, 9.17) is 0 Å². The maximum Gasteiger partial charge on any atom is 0.0469 e. The first-order valence-electron chi connectivity index (χ1n) is 4.20. The first kappa shape index (κ1) is 10.4. The van der Waals surface area contributed by atoms with E-state index < -0.39 is 0 Å². The van der Waals surface area contributed by atoms with Gasteiger partial charge in [-0.05, 0) is 39.8 Å². The Balaban J connectivity index is 3.86. The molecule has 0 radical (unpaired) electrons. The van der Waals surface area contributed by atoms with Crippen LogP contribution in [0.15, 0.2) is 16.6 Å². The molecule has 2 atom stereocenters. The summed E-state index contributed by atoms with van der Waals surface area (Å²) in [6, 6.07) is 0.389. The number of hydrogen-bond acceptors (Lipinski definition) is 1. The van der Waals surface area contributed by atoms with Gasteiger partial charge in [0.1, 0.15) is 0 Å². The monoisotopic (exact) mass is 153 g/mol. The van der Waals surface area contributed by atoms with Crippen LogP contribution in [0.1, 0.15) is 34.1 Å². The van der Waals surface area contributed by atoms with Crippen molar-refractivity contribution < 1.29 is 0 Å². The van der Waals surface area contributed by atoms with Gasteiger partial charge < -0.3 is 0 Å². The minimum absolute atomic E-state index is 0.389. The van der Waals surface area contributed by atoms with E-state index in [0.717, 1.165) is 6.42 Å². The molecule has 1 nitrogen and oxygen atoms in total. The minimum atomic E-state index is 0.389. The number of allylic oxidation sites excluding steroid dienone is 2. The van der Waals surface area contributed by atoms with Gasteiger partial charge in [-0.25, -0.2) is 0 Å². The van der Waals surface area contributed by atoms with Crippen molar-refractivity contribution in [3.63, 3.8) is 0 Å². The molecule has 0 rings (SSSR count). The first-order valence-corrected chi connectivity index (χ1v) is 4.20. The summed E-state index contributed by atoms with van der Waals surface area (Å²) in [6.07, 6.45) is 3.28. The summed E-state index contributed by atoms with van der Waals surface area (Å²) >= 11 is 0. The molecule has 0 unspecified atom stereocenters. The van der Waals surface area contributed by atoms with Crippen molar-refractivity contribution in [1.29, 1.82) is 0 Å². The molecular weight excluding hydrogens is 134 g/mol. The normalized spacial score (nSPS) is 17.6. The van der Waals surface area contributed by atoms with E-state index in [1.165, 1.54) is 5.57 Å². The zero-order valence-corrected chi connectivity index (χ0v) is 8.09. The van der Waals surface area contributed by atoms with Crippen LogP contribution in [0.5, 0.6) is 0 Å². The van der Waals surface area contributed by atoms with Gasteiger partial charge in [0.05, 0.1) is 0 Å². The van der Waals surface area contributed by atoms with Gasteiger partial charge in [-0.3, -0.25) is 4.99 Å². The largest absolute Gasteiger partial charge is 0.298 e. The maximum atomic E-state index is 3.97. The van der Waals surface area contributed by atoms with Gasteiger partial charge in [0.25, 0.3) is 0 Å². The summed E-state index contributed by atoms with van der Waals surface area (Å²) in [5.41, 5.74) is 1.44. The Morgan fingerprint density at radius 2 is 2.09 bits per heavy atom. The van der Waals surface area contributed by atoms with Crippen LogP contribution >= 0.6 is 0 Å². The average Bonchev–Trinajstić information content (AvgIpc) is 2.02. The molecule has 0 aromatic carbocycles. The van der Waals surface area contributed by atoms with Crippen molar-refractivity contribution in [3.05, 3.63) is 11.6 Å². The molecule has 0 fully saturated rings. The highest BCUT2D eigenvalue weighted by molar-refractivity contribution is 5.24. The van der Waals surface area contributed by atoms with Crippen LogP contribution in [0.3, 0.4) is 0 Å². The maximum absolute atomic E-state index is 3.97. The van der Waals surface area contributed by atoms with E-state index in [2.05, 4.69) is 45.5 Å². The van der Waals surface area contributed by atoms with Gasteiger partial charge in [-0.2, -0.15) is 0 Å². The van der Waals surface area contributed by atoms with Gasteiger partial charge in [-0.1, -0.05) is 18.6 Å². The quantitative estimate of drug-likeness (QED) is 0.435. The van der Waals surface area contributed by atoms with Crippen LogP contribution in [-0.2, 0) is 0 Å². The van der Waals surface area contributed by atoms with Gasteiger partial charge in [-0.15, -0.1) is 0 Å². The van der Waals surface area contributed by atoms with Crippen molar-refractivity contribution in [2.75, 3.05) is 0 Å². The molecular formula is C10H19N. The third kappa shape index (κ3) is 3.97. The Labute approximate surface area is 70.2 Å². The predicted molar refractivity (Wildman–Crippen MR) is 52.2 cm³/mol. The smallest absolute Gasteiger partial charge is 0.0469 e. The van der Waals surface area contributed by atoms with E-state index in [9.17, 15) is 0 Å². The molecule has 0 aliphatic rings. The fourth-order valence-electron chi connectivity index (χ4n) is 1.06. The molecule has 0 saturated carbocycles. The van der Waals surface area contributed by atoms with Crippen molar-refractivity contribution in [2.24, 2.45) is 10.9 Å². The highest BCUT2D eigenvalue weighted by Crippen LogP contribution is 2.16. The van der Waals surface area contributed by atoms with Crippen LogP contribution in [0.4, 0.5) is 0 Å². The zero-order valence-electron chi connectivity index (χ0n) is 8.09. The van der Waals surface area contributed by atoms with Crippen molar-refractivity contribution in [3.8, 4) is 0 Å². The van der Waals surface area contributed by atoms with Gasteiger partial charge in [0.2, 0.25) is 0 Å². The second-order valence-electron chi connectivity index (χ2n) is 3.20. The number of nitrogens with zero attached hydrogens (tertiary/aromatic N) is 1. The van der Waals surface area contributed by atoms with Gasteiger partial charge in [0, 0.05) is 6.04 Å². The van der Waals surface area contributed by atoms with E-state index in [1.54, 1.807) is 0 Å². The molecule has 0 heterocycles. The highest BCUT2D eigenvalue weighted by atomic mass is 14.7.